The van der Waals surface area contributed by atoms with Crippen LogP contribution in [0.5, 0.6) is 0 Å². The zero-order valence-electron chi connectivity index (χ0n) is 11.5. The number of nitrogens with one attached hydrogen (secondary N) is 2. The first kappa shape index (κ1) is 13.4. The summed E-state index contributed by atoms with van der Waals surface area (Å²) < 4.78 is 0. The van der Waals surface area contributed by atoms with Gasteiger partial charge in [0.05, 0.1) is 0 Å². The van der Waals surface area contributed by atoms with Crippen LogP contribution in [0.4, 0.5) is 0 Å². The lowest BCUT2D eigenvalue weighted by Crippen LogP contribution is -2.39. The van der Waals surface area contributed by atoms with E-state index in [0.29, 0.717) is 0 Å². The van der Waals surface area contributed by atoms with Crippen LogP contribution >= 0.6 is 0 Å². The Morgan fingerprint density at radius 2 is 1.65 bits per heavy atom. The van der Waals surface area contributed by atoms with Crippen molar-refractivity contribution in [2.45, 2.75) is 64.3 Å². The van der Waals surface area contributed by atoms with Crippen LogP contribution in [-0.2, 0) is 0 Å². The SMILES string of the molecule is CCCC1CCC(NCC2CCNCC2)CC1. The fraction of sp³-hybridized carbons (Fsp3) is 1.00. The molecule has 0 aromatic carbocycles. The Kier molecular flexibility index (Phi) is 5.79. The summed E-state index contributed by atoms with van der Waals surface area (Å²) in [6.45, 7) is 6.05. The summed E-state index contributed by atoms with van der Waals surface area (Å²) in [7, 11) is 0. The molecule has 17 heavy (non-hydrogen) atoms. The Balaban J connectivity index is 1.57. The predicted molar refractivity (Wildman–Crippen MR) is 74.3 cm³/mol. The number of rotatable bonds is 5. The lowest BCUT2D eigenvalue weighted by Gasteiger charge is -2.31. The molecular formula is C15H30N2. The standard InChI is InChI=1S/C15H30N2/c1-2-3-13-4-6-15(7-5-13)17-12-14-8-10-16-11-9-14/h13-17H,2-12H2,1H3. The van der Waals surface area contributed by atoms with Crippen LogP contribution in [0.2, 0.25) is 0 Å². The highest BCUT2D eigenvalue weighted by Crippen LogP contribution is 2.27. The number of hydrogen-bond donors (Lipinski definition) is 2. The summed E-state index contributed by atoms with van der Waals surface area (Å²) in [6.07, 6.45) is 11.4. The molecule has 0 amide bonds. The molecule has 1 aliphatic heterocycles. The maximum atomic E-state index is 3.83. The smallest absolute Gasteiger partial charge is 0.00673 e. The van der Waals surface area contributed by atoms with Crippen molar-refractivity contribution in [1.82, 2.24) is 10.6 Å². The molecule has 0 aromatic heterocycles. The van der Waals surface area contributed by atoms with Gasteiger partial charge in [0.15, 0.2) is 0 Å². The van der Waals surface area contributed by atoms with Crippen molar-refractivity contribution in [3.05, 3.63) is 0 Å². The average Bonchev–Trinajstić information content (AvgIpc) is 2.40. The molecule has 0 atom stereocenters. The second-order valence-corrected chi connectivity index (χ2v) is 6.11. The van der Waals surface area contributed by atoms with Gasteiger partial charge in [0, 0.05) is 6.04 Å². The molecule has 0 spiro atoms. The van der Waals surface area contributed by atoms with Crippen LogP contribution in [0.3, 0.4) is 0 Å². The maximum Gasteiger partial charge on any atom is 0.00673 e. The van der Waals surface area contributed by atoms with E-state index in [1.807, 2.05) is 0 Å². The van der Waals surface area contributed by atoms with Gasteiger partial charge in [-0.25, -0.2) is 0 Å². The molecular weight excluding hydrogens is 208 g/mol. The second kappa shape index (κ2) is 7.38. The first-order valence-electron chi connectivity index (χ1n) is 7.82. The zero-order valence-corrected chi connectivity index (χ0v) is 11.5. The van der Waals surface area contributed by atoms with Crippen molar-refractivity contribution >= 4 is 0 Å². The van der Waals surface area contributed by atoms with E-state index in [0.717, 1.165) is 17.9 Å². The van der Waals surface area contributed by atoms with Crippen LogP contribution < -0.4 is 10.6 Å². The summed E-state index contributed by atoms with van der Waals surface area (Å²) in [5.74, 6) is 1.97. The van der Waals surface area contributed by atoms with Gasteiger partial charge in [-0.15, -0.1) is 0 Å². The van der Waals surface area contributed by atoms with Gasteiger partial charge in [0.25, 0.3) is 0 Å². The molecule has 2 aliphatic rings. The summed E-state index contributed by atoms with van der Waals surface area (Å²) >= 11 is 0. The molecule has 2 heteroatoms. The van der Waals surface area contributed by atoms with Gasteiger partial charge in [0.1, 0.15) is 0 Å². The third-order valence-electron chi connectivity index (χ3n) is 4.70. The Morgan fingerprint density at radius 3 is 2.29 bits per heavy atom. The second-order valence-electron chi connectivity index (χ2n) is 6.11. The molecule has 1 aliphatic carbocycles. The lowest BCUT2D eigenvalue weighted by atomic mass is 9.83. The Labute approximate surface area is 107 Å². The minimum absolute atomic E-state index is 0.831. The lowest BCUT2D eigenvalue weighted by molar-refractivity contribution is 0.259. The molecule has 2 rings (SSSR count). The van der Waals surface area contributed by atoms with Crippen LogP contribution in [0.25, 0.3) is 0 Å². The van der Waals surface area contributed by atoms with Crippen molar-refractivity contribution in [1.29, 1.82) is 0 Å². The summed E-state index contributed by atoms with van der Waals surface area (Å²) in [4.78, 5) is 0. The molecule has 0 aromatic rings. The van der Waals surface area contributed by atoms with E-state index in [1.54, 1.807) is 0 Å². The van der Waals surface area contributed by atoms with Crippen molar-refractivity contribution < 1.29 is 0 Å². The van der Waals surface area contributed by atoms with Crippen LogP contribution in [0.1, 0.15) is 58.3 Å². The monoisotopic (exact) mass is 238 g/mol. The first-order chi connectivity index (χ1) is 8.38. The van der Waals surface area contributed by atoms with Crippen LogP contribution in [-0.4, -0.2) is 25.7 Å². The Hall–Kier alpha value is -0.0800. The quantitative estimate of drug-likeness (QED) is 0.769. The van der Waals surface area contributed by atoms with Gasteiger partial charge >= 0.3 is 0 Å². The van der Waals surface area contributed by atoms with E-state index in [1.165, 1.54) is 71.0 Å². The zero-order chi connectivity index (χ0) is 11.9. The van der Waals surface area contributed by atoms with Crippen molar-refractivity contribution in [2.75, 3.05) is 19.6 Å². The molecule has 2 N–H and O–H groups in total. The summed E-state index contributed by atoms with van der Waals surface area (Å²) in [5.41, 5.74) is 0. The number of hydrogen-bond acceptors (Lipinski definition) is 2. The van der Waals surface area contributed by atoms with Crippen LogP contribution in [0.15, 0.2) is 0 Å². The molecule has 100 valence electrons. The van der Waals surface area contributed by atoms with E-state index in [4.69, 9.17) is 0 Å². The predicted octanol–water partition coefficient (Wildman–Crippen LogP) is 2.93. The van der Waals surface area contributed by atoms with E-state index in [9.17, 15) is 0 Å². The Morgan fingerprint density at radius 1 is 0.941 bits per heavy atom. The van der Waals surface area contributed by atoms with Gasteiger partial charge in [-0.3, -0.25) is 0 Å². The molecule has 0 radical (unpaired) electrons. The van der Waals surface area contributed by atoms with Gasteiger partial charge in [-0.1, -0.05) is 19.8 Å². The van der Waals surface area contributed by atoms with Crippen molar-refractivity contribution in [2.24, 2.45) is 11.8 Å². The number of piperidine rings is 1. The highest BCUT2D eigenvalue weighted by atomic mass is 14.9. The topological polar surface area (TPSA) is 24.1 Å². The first-order valence-corrected chi connectivity index (χ1v) is 7.82. The average molecular weight is 238 g/mol. The molecule has 0 bridgehead atoms. The third kappa shape index (κ3) is 4.59. The van der Waals surface area contributed by atoms with Gasteiger partial charge in [-0.05, 0) is 70.0 Å². The van der Waals surface area contributed by atoms with E-state index in [-0.39, 0.29) is 0 Å². The molecule has 0 unspecified atom stereocenters. The van der Waals surface area contributed by atoms with E-state index < -0.39 is 0 Å². The van der Waals surface area contributed by atoms with Crippen molar-refractivity contribution in [3.63, 3.8) is 0 Å². The fourth-order valence-electron chi connectivity index (χ4n) is 3.48. The van der Waals surface area contributed by atoms with Gasteiger partial charge in [0.2, 0.25) is 0 Å². The highest BCUT2D eigenvalue weighted by molar-refractivity contribution is 4.79. The molecule has 2 nitrogen and oxygen atoms in total. The van der Waals surface area contributed by atoms with E-state index >= 15 is 0 Å². The molecule has 1 heterocycles. The van der Waals surface area contributed by atoms with Crippen molar-refractivity contribution in [3.8, 4) is 0 Å². The molecule has 1 saturated carbocycles. The van der Waals surface area contributed by atoms with Crippen LogP contribution in [0, 0.1) is 11.8 Å². The van der Waals surface area contributed by atoms with Gasteiger partial charge < -0.3 is 10.6 Å². The normalized spacial score (nSPS) is 31.6. The largest absolute Gasteiger partial charge is 0.317 e. The minimum atomic E-state index is 0.831. The molecule has 1 saturated heterocycles. The Bertz CT molecular complexity index is 191. The highest BCUT2D eigenvalue weighted by Gasteiger charge is 2.21. The summed E-state index contributed by atoms with van der Waals surface area (Å²) in [5, 5.41) is 7.27. The summed E-state index contributed by atoms with van der Waals surface area (Å²) in [6, 6.07) is 0.831. The maximum absolute atomic E-state index is 3.83. The van der Waals surface area contributed by atoms with E-state index in [2.05, 4.69) is 17.6 Å². The minimum Gasteiger partial charge on any atom is -0.317 e. The fourth-order valence-corrected chi connectivity index (χ4v) is 3.48. The van der Waals surface area contributed by atoms with Gasteiger partial charge in [-0.2, -0.15) is 0 Å². The third-order valence-corrected chi connectivity index (χ3v) is 4.70. The molecule has 2 fully saturated rings.